The molecule has 5 heteroatoms. The first kappa shape index (κ1) is 12.5. The number of amides is 1. The summed E-state index contributed by atoms with van der Waals surface area (Å²) in [5.74, 6) is -0.229. The second-order valence-electron chi connectivity index (χ2n) is 3.81. The lowest BCUT2D eigenvalue weighted by atomic mass is 10.2. The summed E-state index contributed by atoms with van der Waals surface area (Å²) in [5.41, 5.74) is 2.30. The zero-order chi connectivity index (χ0) is 13.0. The fraction of sp³-hybridized carbons (Fsp3) is 0.154. The minimum atomic E-state index is -0.229. The van der Waals surface area contributed by atoms with E-state index in [1.54, 1.807) is 12.3 Å². The van der Waals surface area contributed by atoms with Crippen LogP contribution >= 0.6 is 11.6 Å². The number of carbonyl (C=O) groups excluding carboxylic acids is 1. The van der Waals surface area contributed by atoms with Gasteiger partial charge < -0.3 is 5.32 Å². The molecule has 0 saturated heterocycles. The summed E-state index contributed by atoms with van der Waals surface area (Å²) in [5, 5.41) is 3.12. The van der Waals surface area contributed by atoms with Crippen LogP contribution in [0.15, 0.2) is 36.8 Å². The number of halogens is 1. The van der Waals surface area contributed by atoms with Crippen molar-refractivity contribution in [1.29, 1.82) is 0 Å². The van der Waals surface area contributed by atoms with Crippen LogP contribution in [-0.2, 0) is 6.54 Å². The third-order valence-electron chi connectivity index (χ3n) is 2.55. The van der Waals surface area contributed by atoms with Crippen LogP contribution in [-0.4, -0.2) is 15.9 Å². The maximum Gasteiger partial charge on any atom is 0.253 e. The van der Waals surface area contributed by atoms with Crippen LogP contribution < -0.4 is 5.32 Å². The van der Waals surface area contributed by atoms with Crippen molar-refractivity contribution < 1.29 is 4.79 Å². The molecular weight excluding hydrogens is 250 g/mol. The molecule has 0 radical (unpaired) electrons. The Morgan fingerprint density at radius 2 is 2.22 bits per heavy atom. The molecule has 4 nitrogen and oxygen atoms in total. The van der Waals surface area contributed by atoms with Gasteiger partial charge in [-0.1, -0.05) is 17.7 Å². The van der Waals surface area contributed by atoms with Crippen molar-refractivity contribution in [2.24, 2.45) is 0 Å². The minimum Gasteiger partial charge on any atom is -0.346 e. The maximum atomic E-state index is 11.9. The first-order valence-electron chi connectivity index (χ1n) is 5.46. The van der Waals surface area contributed by atoms with E-state index in [0.717, 1.165) is 11.3 Å². The summed E-state index contributed by atoms with van der Waals surface area (Å²) in [7, 11) is 0. The van der Waals surface area contributed by atoms with Gasteiger partial charge in [0.15, 0.2) is 0 Å². The average molecular weight is 262 g/mol. The lowest BCUT2D eigenvalue weighted by Crippen LogP contribution is -2.24. The summed E-state index contributed by atoms with van der Waals surface area (Å²) in [6, 6.07) is 5.40. The SMILES string of the molecule is Cc1cccnc1CNC(=O)c1ccncc1Cl. The van der Waals surface area contributed by atoms with E-state index < -0.39 is 0 Å². The zero-order valence-electron chi connectivity index (χ0n) is 9.85. The molecule has 0 fully saturated rings. The van der Waals surface area contributed by atoms with Crippen molar-refractivity contribution >= 4 is 17.5 Å². The molecule has 0 aromatic carbocycles. The number of aryl methyl sites for hydroxylation is 1. The Labute approximate surface area is 110 Å². The molecule has 0 bridgehead atoms. The molecule has 0 aliphatic carbocycles. The van der Waals surface area contributed by atoms with Gasteiger partial charge in [-0.3, -0.25) is 14.8 Å². The Kier molecular flexibility index (Phi) is 3.89. The van der Waals surface area contributed by atoms with Gasteiger partial charge in [0.25, 0.3) is 5.91 Å². The predicted molar refractivity (Wildman–Crippen MR) is 69.4 cm³/mol. The van der Waals surface area contributed by atoms with Crippen LogP contribution in [0.3, 0.4) is 0 Å². The molecular formula is C13H12ClN3O. The van der Waals surface area contributed by atoms with Crippen LogP contribution in [0.25, 0.3) is 0 Å². The predicted octanol–water partition coefficient (Wildman–Crippen LogP) is 2.37. The standard InChI is InChI=1S/C13H12ClN3O/c1-9-3-2-5-16-12(9)8-17-13(18)10-4-6-15-7-11(10)14/h2-7H,8H2,1H3,(H,17,18). The van der Waals surface area contributed by atoms with Crippen molar-refractivity contribution in [3.63, 3.8) is 0 Å². The van der Waals surface area contributed by atoms with Crippen molar-refractivity contribution in [2.45, 2.75) is 13.5 Å². The highest BCUT2D eigenvalue weighted by molar-refractivity contribution is 6.33. The Balaban J connectivity index is 2.06. The highest BCUT2D eigenvalue weighted by atomic mass is 35.5. The number of carbonyl (C=O) groups is 1. The van der Waals surface area contributed by atoms with Crippen molar-refractivity contribution in [3.8, 4) is 0 Å². The summed E-state index contributed by atoms with van der Waals surface area (Å²) >= 11 is 5.89. The van der Waals surface area contributed by atoms with Crippen LogP contribution in [0.5, 0.6) is 0 Å². The van der Waals surface area contributed by atoms with Crippen LogP contribution in [0, 0.1) is 6.92 Å². The van der Waals surface area contributed by atoms with Gasteiger partial charge in [0.05, 0.1) is 22.8 Å². The first-order valence-corrected chi connectivity index (χ1v) is 5.84. The number of rotatable bonds is 3. The molecule has 0 spiro atoms. The highest BCUT2D eigenvalue weighted by Gasteiger charge is 2.10. The average Bonchev–Trinajstić information content (AvgIpc) is 2.38. The summed E-state index contributed by atoms with van der Waals surface area (Å²) in [6.07, 6.45) is 4.68. The molecule has 0 atom stereocenters. The van der Waals surface area contributed by atoms with E-state index in [4.69, 9.17) is 11.6 Å². The number of hydrogen-bond acceptors (Lipinski definition) is 3. The molecule has 0 saturated carbocycles. The molecule has 1 N–H and O–H groups in total. The largest absolute Gasteiger partial charge is 0.346 e. The van der Waals surface area contributed by atoms with Gasteiger partial charge in [-0.05, 0) is 24.6 Å². The molecule has 0 unspecified atom stereocenters. The Morgan fingerprint density at radius 1 is 1.39 bits per heavy atom. The highest BCUT2D eigenvalue weighted by Crippen LogP contribution is 2.13. The van der Waals surface area contributed by atoms with Crippen LogP contribution in [0.1, 0.15) is 21.6 Å². The van der Waals surface area contributed by atoms with Gasteiger partial charge in [-0.25, -0.2) is 0 Å². The fourth-order valence-electron chi connectivity index (χ4n) is 1.52. The number of nitrogens with one attached hydrogen (secondary N) is 1. The normalized spacial score (nSPS) is 10.1. The number of aromatic nitrogens is 2. The first-order chi connectivity index (χ1) is 8.68. The van der Waals surface area contributed by atoms with Gasteiger partial charge in [0.1, 0.15) is 0 Å². The monoisotopic (exact) mass is 261 g/mol. The topological polar surface area (TPSA) is 54.9 Å². The molecule has 2 aromatic rings. The molecule has 2 heterocycles. The van der Waals surface area contributed by atoms with E-state index >= 15 is 0 Å². The number of nitrogens with zero attached hydrogens (tertiary/aromatic N) is 2. The number of hydrogen-bond donors (Lipinski definition) is 1. The van der Waals surface area contributed by atoms with Crippen molar-refractivity contribution in [3.05, 3.63) is 58.6 Å². The fourth-order valence-corrected chi connectivity index (χ4v) is 1.73. The molecule has 0 aliphatic heterocycles. The van der Waals surface area contributed by atoms with Gasteiger partial charge in [-0.2, -0.15) is 0 Å². The van der Waals surface area contributed by atoms with Crippen molar-refractivity contribution in [1.82, 2.24) is 15.3 Å². The quantitative estimate of drug-likeness (QED) is 0.923. The zero-order valence-corrected chi connectivity index (χ0v) is 10.6. The number of pyridine rings is 2. The lowest BCUT2D eigenvalue weighted by Gasteiger charge is -2.07. The Hall–Kier alpha value is -1.94. The third kappa shape index (κ3) is 2.84. The lowest BCUT2D eigenvalue weighted by molar-refractivity contribution is 0.0950. The van der Waals surface area contributed by atoms with E-state index in [2.05, 4.69) is 15.3 Å². The Morgan fingerprint density at radius 3 is 2.94 bits per heavy atom. The minimum absolute atomic E-state index is 0.229. The summed E-state index contributed by atoms with van der Waals surface area (Å²) in [6.45, 7) is 2.33. The van der Waals surface area contributed by atoms with Crippen LogP contribution in [0.4, 0.5) is 0 Å². The van der Waals surface area contributed by atoms with E-state index in [0.29, 0.717) is 17.1 Å². The molecule has 2 rings (SSSR count). The molecule has 92 valence electrons. The summed E-state index contributed by atoms with van der Waals surface area (Å²) in [4.78, 5) is 19.9. The van der Waals surface area contributed by atoms with E-state index in [1.807, 2.05) is 19.1 Å². The molecule has 2 aromatic heterocycles. The van der Waals surface area contributed by atoms with E-state index in [9.17, 15) is 4.79 Å². The smallest absolute Gasteiger partial charge is 0.253 e. The molecule has 0 aliphatic rings. The second kappa shape index (κ2) is 5.60. The summed E-state index contributed by atoms with van der Waals surface area (Å²) < 4.78 is 0. The van der Waals surface area contributed by atoms with Gasteiger partial charge >= 0.3 is 0 Å². The Bertz CT molecular complexity index is 572. The van der Waals surface area contributed by atoms with E-state index in [-0.39, 0.29) is 5.91 Å². The maximum absolute atomic E-state index is 11.9. The second-order valence-corrected chi connectivity index (χ2v) is 4.21. The van der Waals surface area contributed by atoms with Crippen LogP contribution in [0.2, 0.25) is 5.02 Å². The molecule has 18 heavy (non-hydrogen) atoms. The third-order valence-corrected chi connectivity index (χ3v) is 2.85. The van der Waals surface area contributed by atoms with Gasteiger partial charge in [-0.15, -0.1) is 0 Å². The van der Waals surface area contributed by atoms with E-state index in [1.165, 1.54) is 12.4 Å². The van der Waals surface area contributed by atoms with Gasteiger partial charge in [0.2, 0.25) is 0 Å². The van der Waals surface area contributed by atoms with Crippen molar-refractivity contribution in [2.75, 3.05) is 0 Å². The molecule has 1 amide bonds. The van der Waals surface area contributed by atoms with Gasteiger partial charge in [0, 0.05) is 18.6 Å².